The molecule has 4 aliphatic carbocycles. The Balaban J connectivity index is 1.24. The summed E-state index contributed by atoms with van der Waals surface area (Å²) < 4.78 is 5.00. The van der Waals surface area contributed by atoms with Gasteiger partial charge in [-0.05, 0) is 62.7 Å². The van der Waals surface area contributed by atoms with Gasteiger partial charge in [0.1, 0.15) is 0 Å². The lowest BCUT2D eigenvalue weighted by Gasteiger charge is -2.57. The van der Waals surface area contributed by atoms with Gasteiger partial charge in [-0.3, -0.25) is 14.5 Å². The molecule has 0 aromatic carbocycles. The molecule has 0 spiro atoms. The lowest BCUT2D eigenvalue weighted by Crippen LogP contribution is -2.58. The average molecular weight is 378 g/mol. The molecule has 1 saturated heterocycles. The first-order valence-electron chi connectivity index (χ1n) is 10.9. The average Bonchev–Trinajstić information content (AvgIpc) is 2.64. The van der Waals surface area contributed by atoms with Crippen molar-refractivity contribution >= 4 is 11.8 Å². The summed E-state index contributed by atoms with van der Waals surface area (Å²) in [5, 5.41) is 2.95. The van der Waals surface area contributed by atoms with Crippen molar-refractivity contribution in [1.29, 1.82) is 0 Å². The molecule has 1 heterocycles. The zero-order chi connectivity index (χ0) is 18.9. The van der Waals surface area contributed by atoms with Crippen molar-refractivity contribution in [2.24, 2.45) is 23.2 Å². The van der Waals surface area contributed by atoms with Crippen molar-refractivity contribution in [1.82, 2.24) is 15.1 Å². The standard InChI is InChI=1S/C21H35N3O3/c1-27-8-2-3-22-19(25)15-23-4-6-24(7-5-23)20(26)21-12-16-9-17(13-21)11-18(10-16)14-21/h16-18H,2-15H2,1H3,(H,22,25). The number of nitrogens with zero attached hydrogens (tertiary/aromatic N) is 2. The van der Waals surface area contributed by atoms with Crippen LogP contribution in [0.1, 0.15) is 44.9 Å². The van der Waals surface area contributed by atoms with E-state index in [0.29, 0.717) is 25.6 Å². The monoisotopic (exact) mass is 377 g/mol. The summed E-state index contributed by atoms with van der Waals surface area (Å²) in [6.07, 6.45) is 8.39. The second kappa shape index (κ2) is 8.08. The SMILES string of the molecule is COCCCNC(=O)CN1CCN(C(=O)C23CC4CC(CC(C4)C2)C3)CC1. The van der Waals surface area contributed by atoms with Crippen LogP contribution in [0.25, 0.3) is 0 Å². The summed E-state index contributed by atoms with van der Waals surface area (Å²) in [6.45, 7) is 4.94. The van der Waals surface area contributed by atoms with Crippen LogP contribution in [0.2, 0.25) is 0 Å². The maximum atomic E-state index is 13.4. The second-order valence-corrected chi connectivity index (χ2v) is 9.46. The molecule has 0 atom stereocenters. The van der Waals surface area contributed by atoms with Gasteiger partial charge in [-0.1, -0.05) is 0 Å². The normalized spacial score (nSPS) is 35.4. The van der Waals surface area contributed by atoms with Gasteiger partial charge in [-0.25, -0.2) is 0 Å². The molecule has 6 nitrogen and oxygen atoms in total. The Morgan fingerprint density at radius 1 is 1.00 bits per heavy atom. The summed E-state index contributed by atoms with van der Waals surface area (Å²) in [7, 11) is 1.67. The molecule has 27 heavy (non-hydrogen) atoms. The van der Waals surface area contributed by atoms with Gasteiger partial charge < -0.3 is 15.0 Å². The van der Waals surface area contributed by atoms with Gasteiger partial charge in [-0.2, -0.15) is 0 Å². The van der Waals surface area contributed by atoms with Gasteiger partial charge in [-0.15, -0.1) is 0 Å². The minimum atomic E-state index is -0.0321. The Kier molecular flexibility index (Phi) is 5.74. The molecule has 0 aromatic rings. The molecular weight excluding hydrogens is 342 g/mol. The highest BCUT2D eigenvalue weighted by Crippen LogP contribution is 2.60. The fraction of sp³-hybridized carbons (Fsp3) is 0.905. The molecule has 152 valence electrons. The van der Waals surface area contributed by atoms with Crippen LogP contribution in [0, 0.1) is 23.2 Å². The van der Waals surface area contributed by atoms with Gasteiger partial charge >= 0.3 is 0 Å². The first-order chi connectivity index (χ1) is 13.1. The van der Waals surface area contributed by atoms with Gasteiger partial charge in [0.2, 0.25) is 11.8 Å². The van der Waals surface area contributed by atoms with E-state index in [4.69, 9.17) is 4.74 Å². The second-order valence-electron chi connectivity index (χ2n) is 9.46. The third kappa shape index (κ3) is 4.16. The van der Waals surface area contributed by atoms with Gasteiger partial charge in [0.05, 0.1) is 12.0 Å². The number of carbonyl (C=O) groups excluding carboxylic acids is 2. The molecule has 6 heteroatoms. The summed E-state index contributed by atoms with van der Waals surface area (Å²) in [6, 6.07) is 0. The van der Waals surface area contributed by atoms with E-state index >= 15 is 0 Å². The summed E-state index contributed by atoms with van der Waals surface area (Å²) in [4.78, 5) is 29.7. The van der Waals surface area contributed by atoms with E-state index in [0.717, 1.165) is 69.6 Å². The van der Waals surface area contributed by atoms with E-state index in [9.17, 15) is 9.59 Å². The summed E-state index contributed by atoms with van der Waals surface area (Å²) in [5.74, 6) is 2.94. The largest absolute Gasteiger partial charge is 0.385 e. The first-order valence-corrected chi connectivity index (χ1v) is 10.9. The Morgan fingerprint density at radius 2 is 1.59 bits per heavy atom. The highest BCUT2D eigenvalue weighted by Gasteiger charge is 2.55. The topological polar surface area (TPSA) is 61.9 Å². The number of rotatable bonds is 7. The number of ether oxygens (including phenoxy) is 1. The van der Waals surface area contributed by atoms with E-state index in [2.05, 4.69) is 15.1 Å². The van der Waals surface area contributed by atoms with Crippen molar-refractivity contribution in [2.45, 2.75) is 44.9 Å². The molecule has 2 amide bonds. The van der Waals surface area contributed by atoms with Crippen molar-refractivity contribution in [2.75, 3.05) is 53.0 Å². The number of nitrogens with one attached hydrogen (secondary N) is 1. The Hall–Kier alpha value is -1.14. The molecular formula is C21H35N3O3. The Labute approximate surface area is 163 Å². The van der Waals surface area contributed by atoms with Crippen LogP contribution in [0.4, 0.5) is 0 Å². The molecule has 0 radical (unpaired) electrons. The quantitative estimate of drug-likeness (QED) is 0.683. The summed E-state index contributed by atoms with van der Waals surface area (Å²) in [5.41, 5.74) is -0.0321. The number of piperazine rings is 1. The van der Waals surface area contributed by atoms with Crippen LogP contribution in [-0.4, -0.2) is 74.6 Å². The van der Waals surface area contributed by atoms with Crippen LogP contribution < -0.4 is 5.32 Å². The number of methoxy groups -OCH3 is 1. The predicted molar refractivity (Wildman–Crippen MR) is 103 cm³/mol. The van der Waals surface area contributed by atoms with Crippen LogP contribution >= 0.6 is 0 Å². The molecule has 5 rings (SSSR count). The smallest absolute Gasteiger partial charge is 0.234 e. The Morgan fingerprint density at radius 3 is 2.15 bits per heavy atom. The zero-order valence-corrected chi connectivity index (χ0v) is 16.8. The molecule has 4 bridgehead atoms. The molecule has 0 unspecified atom stereocenters. The van der Waals surface area contributed by atoms with Gasteiger partial charge in [0, 0.05) is 46.4 Å². The molecule has 5 aliphatic rings. The van der Waals surface area contributed by atoms with E-state index in [-0.39, 0.29) is 11.3 Å². The van der Waals surface area contributed by atoms with Gasteiger partial charge in [0.15, 0.2) is 0 Å². The maximum Gasteiger partial charge on any atom is 0.234 e. The highest BCUT2D eigenvalue weighted by molar-refractivity contribution is 5.83. The Bertz CT molecular complexity index is 522. The van der Waals surface area contributed by atoms with Crippen LogP contribution in [0.3, 0.4) is 0 Å². The lowest BCUT2D eigenvalue weighted by atomic mass is 9.49. The fourth-order valence-corrected chi connectivity index (χ4v) is 6.52. The fourth-order valence-electron chi connectivity index (χ4n) is 6.52. The number of hydrogen-bond acceptors (Lipinski definition) is 4. The van der Waals surface area contributed by atoms with Crippen LogP contribution in [0.15, 0.2) is 0 Å². The van der Waals surface area contributed by atoms with E-state index < -0.39 is 0 Å². The minimum Gasteiger partial charge on any atom is -0.385 e. The van der Waals surface area contributed by atoms with Crippen LogP contribution in [0.5, 0.6) is 0 Å². The maximum absolute atomic E-state index is 13.4. The van der Waals surface area contributed by atoms with E-state index in [1.54, 1.807) is 7.11 Å². The minimum absolute atomic E-state index is 0.0321. The predicted octanol–water partition coefficient (Wildman–Crippen LogP) is 1.50. The third-order valence-electron chi connectivity index (χ3n) is 7.37. The highest BCUT2D eigenvalue weighted by atomic mass is 16.5. The van der Waals surface area contributed by atoms with Crippen LogP contribution in [-0.2, 0) is 14.3 Å². The number of carbonyl (C=O) groups is 2. The lowest BCUT2D eigenvalue weighted by molar-refractivity contribution is -0.159. The number of amides is 2. The molecule has 0 aromatic heterocycles. The van der Waals surface area contributed by atoms with Gasteiger partial charge in [0.25, 0.3) is 0 Å². The summed E-state index contributed by atoms with van der Waals surface area (Å²) >= 11 is 0. The zero-order valence-electron chi connectivity index (χ0n) is 16.8. The molecule has 1 aliphatic heterocycles. The van der Waals surface area contributed by atoms with Crippen molar-refractivity contribution in [3.63, 3.8) is 0 Å². The van der Waals surface area contributed by atoms with E-state index in [1.165, 1.54) is 19.3 Å². The molecule has 4 saturated carbocycles. The van der Waals surface area contributed by atoms with Crippen molar-refractivity contribution in [3.8, 4) is 0 Å². The molecule has 1 N–H and O–H groups in total. The number of hydrogen-bond donors (Lipinski definition) is 1. The van der Waals surface area contributed by atoms with Crippen molar-refractivity contribution in [3.05, 3.63) is 0 Å². The molecule has 5 fully saturated rings. The third-order valence-corrected chi connectivity index (χ3v) is 7.37. The first kappa shape index (κ1) is 19.2. The van der Waals surface area contributed by atoms with Crippen molar-refractivity contribution < 1.29 is 14.3 Å². The van der Waals surface area contributed by atoms with E-state index in [1.807, 2.05) is 0 Å².